The Bertz CT molecular complexity index is 738. The number of esters is 2. The van der Waals surface area contributed by atoms with Crippen LogP contribution in [0.15, 0.2) is 42.6 Å². The zero-order valence-electron chi connectivity index (χ0n) is 16.2. The van der Waals surface area contributed by atoms with Gasteiger partial charge in [-0.3, -0.25) is 4.98 Å². The molecule has 144 valence electrons. The first-order valence-corrected chi connectivity index (χ1v) is 9.48. The number of nitrogens with zero attached hydrogens (tertiary/aromatic N) is 1. The van der Waals surface area contributed by atoms with E-state index in [0.29, 0.717) is 12.2 Å². The smallest absolute Gasteiger partial charge is 0.347 e. The molecule has 0 amide bonds. The van der Waals surface area contributed by atoms with Crippen molar-refractivity contribution in [1.29, 1.82) is 0 Å². The third kappa shape index (κ3) is 6.20. The zero-order valence-corrected chi connectivity index (χ0v) is 16.2. The molecule has 0 N–H and O–H groups in total. The van der Waals surface area contributed by atoms with E-state index in [9.17, 15) is 9.59 Å². The van der Waals surface area contributed by atoms with Gasteiger partial charge in [-0.15, -0.1) is 0 Å². The predicted molar refractivity (Wildman–Crippen MR) is 104 cm³/mol. The minimum atomic E-state index is -0.929. The summed E-state index contributed by atoms with van der Waals surface area (Å²) in [5.41, 5.74) is 3.36. The lowest BCUT2D eigenvalue weighted by Crippen LogP contribution is -2.26. The first-order valence-electron chi connectivity index (χ1n) is 9.48. The molecule has 1 aromatic heterocycles. The van der Waals surface area contributed by atoms with E-state index < -0.39 is 18.0 Å². The molecule has 0 saturated carbocycles. The maximum atomic E-state index is 12.2. The summed E-state index contributed by atoms with van der Waals surface area (Å²) < 4.78 is 10.2. The maximum absolute atomic E-state index is 12.2. The number of rotatable bonds is 9. The van der Waals surface area contributed by atoms with Gasteiger partial charge >= 0.3 is 11.9 Å². The molecule has 0 saturated heterocycles. The fourth-order valence-electron chi connectivity index (χ4n) is 2.52. The Hall–Kier alpha value is -2.69. The van der Waals surface area contributed by atoms with E-state index in [2.05, 4.69) is 18.0 Å². The van der Waals surface area contributed by atoms with Crippen LogP contribution in [0.4, 0.5) is 0 Å². The molecule has 0 bridgehead atoms. The highest BCUT2D eigenvalue weighted by Crippen LogP contribution is 2.19. The van der Waals surface area contributed by atoms with Gasteiger partial charge in [-0.25, -0.2) is 9.59 Å². The fourth-order valence-corrected chi connectivity index (χ4v) is 2.52. The number of carbonyl (C=O) groups is 2. The number of ether oxygens (including phenoxy) is 2. The molecule has 2 aromatic rings. The monoisotopic (exact) mass is 369 g/mol. The molecule has 0 aliphatic carbocycles. The molecular formula is C22H27NO4. The van der Waals surface area contributed by atoms with Gasteiger partial charge in [0.15, 0.2) is 6.10 Å². The van der Waals surface area contributed by atoms with Crippen LogP contribution in [0, 0.1) is 0 Å². The second-order valence-corrected chi connectivity index (χ2v) is 6.45. The Morgan fingerprint density at radius 2 is 1.78 bits per heavy atom. The SMILES string of the molecule is CCCCOC(=O)C(C)OC(=O)c1ccc(-c2ccc(CCC)cn2)cc1. The summed E-state index contributed by atoms with van der Waals surface area (Å²) in [6.45, 7) is 6.01. The Labute approximate surface area is 160 Å². The highest BCUT2D eigenvalue weighted by molar-refractivity contribution is 5.91. The van der Waals surface area contributed by atoms with Crippen LogP contribution >= 0.6 is 0 Å². The van der Waals surface area contributed by atoms with E-state index in [1.54, 1.807) is 12.1 Å². The molecule has 5 heteroatoms. The van der Waals surface area contributed by atoms with Crippen molar-refractivity contribution in [2.75, 3.05) is 6.61 Å². The number of aryl methyl sites for hydroxylation is 1. The van der Waals surface area contributed by atoms with E-state index in [0.717, 1.165) is 36.9 Å². The van der Waals surface area contributed by atoms with Crippen LogP contribution in [-0.2, 0) is 20.7 Å². The van der Waals surface area contributed by atoms with Gasteiger partial charge in [-0.1, -0.05) is 44.9 Å². The molecule has 5 nitrogen and oxygen atoms in total. The highest BCUT2D eigenvalue weighted by Gasteiger charge is 2.20. The quantitative estimate of drug-likeness (QED) is 0.478. The van der Waals surface area contributed by atoms with E-state index in [-0.39, 0.29) is 0 Å². The lowest BCUT2D eigenvalue weighted by molar-refractivity contribution is -0.153. The van der Waals surface area contributed by atoms with Crippen LogP contribution in [-0.4, -0.2) is 29.6 Å². The molecule has 2 rings (SSSR count). The van der Waals surface area contributed by atoms with Crippen molar-refractivity contribution in [3.8, 4) is 11.3 Å². The summed E-state index contributed by atoms with van der Waals surface area (Å²) in [6.07, 6.45) is 4.78. The Balaban J connectivity index is 1.95. The average molecular weight is 369 g/mol. The number of hydrogen-bond acceptors (Lipinski definition) is 5. The van der Waals surface area contributed by atoms with E-state index >= 15 is 0 Å². The summed E-state index contributed by atoms with van der Waals surface area (Å²) in [4.78, 5) is 28.5. The van der Waals surface area contributed by atoms with E-state index in [1.807, 2.05) is 31.3 Å². The molecule has 0 aliphatic heterocycles. The molecule has 0 radical (unpaired) electrons. The second-order valence-electron chi connectivity index (χ2n) is 6.45. The molecule has 0 aliphatic rings. The number of benzene rings is 1. The standard InChI is InChI=1S/C22H27NO4/c1-4-6-14-26-21(24)16(3)27-22(25)19-11-9-18(10-12-19)20-13-8-17(7-5-2)15-23-20/h8-13,15-16H,4-7,14H2,1-3H3. The Morgan fingerprint density at radius 1 is 1.04 bits per heavy atom. The maximum Gasteiger partial charge on any atom is 0.347 e. The van der Waals surface area contributed by atoms with Gasteiger partial charge < -0.3 is 9.47 Å². The van der Waals surface area contributed by atoms with E-state index in [4.69, 9.17) is 9.47 Å². The lowest BCUT2D eigenvalue weighted by atomic mass is 10.1. The molecule has 27 heavy (non-hydrogen) atoms. The van der Waals surface area contributed by atoms with Gasteiger partial charge in [0, 0.05) is 11.8 Å². The molecule has 1 unspecified atom stereocenters. The third-order valence-electron chi connectivity index (χ3n) is 4.14. The summed E-state index contributed by atoms with van der Waals surface area (Å²) >= 11 is 0. The normalized spacial score (nSPS) is 11.7. The second kappa shape index (κ2) is 10.5. The molecule has 1 aromatic carbocycles. The van der Waals surface area contributed by atoms with Gasteiger partial charge in [0.05, 0.1) is 17.9 Å². The van der Waals surface area contributed by atoms with Crippen LogP contribution in [0.1, 0.15) is 56.0 Å². The van der Waals surface area contributed by atoms with Crippen molar-refractivity contribution in [2.45, 2.75) is 52.6 Å². The summed E-state index contributed by atoms with van der Waals surface area (Å²) in [6, 6.07) is 11.0. The van der Waals surface area contributed by atoms with E-state index in [1.165, 1.54) is 12.5 Å². The third-order valence-corrected chi connectivity index (χ3v) is 4.14. The highest BCUT2D eigenvalue weighted by atomic mass is 16.6. The minimum Gasteiger partial charge on any atom is -0.463 e. The predicted octanol–water partition coefficient (Wildman–Crippen LogP) is 4.59. The molecule has 1 atom stereocenters. The van der Waals surface area contributed by atoms with Crippen molar-refractivity contribution in [2.24, 2.45) is 0 Å². The Kier molecular flexibility index (Phi) is 7.99. The van der Waals surface area contributed by atoms with Crippen molar-refractivity contribution < 1.29 is 19.1 Å². The van der Waals surface area contributed by atoms with Crippen LogP contribution in [0.2, 0.25) is 0 Å². The first-order chi connectivity index (χ1) is 13.0. The van der Waals surface area contributed by atoms with Crippen LogP contribution in [0.5, 0.6) is 0 Å². The topological polar surface area (TPSA) is 65.5 Å². The van der Waals surface area contributed by atoms with Gasteiger partial charge in [0.25, 0.3) is 0 Å². The molecule has 0 spiro atoms. The van der Waals surface area contributed by atoms with Crippen molar-refractivity contribution >= 4 is 11.9 Å². The minimum absolute atomic E-state index is 0.343. The number of unbranched alkanes of at least 4 members (excludes halogenated alkanes) is 1. The Morgan fingerprint density at radius 3 is 2.37 bits per heavy atom. The largest absolute Gasteiger partial charge is 0.463 e. The van der Waals surface area contributed by atoms with Crippen molar-refractivity contribution in [3.05, 3.63) is 53.7 Å². The zero-order chi connectivity index (χ0) is 19.6. The number of carbonyl (C=O) groups excluding carboxylic acids is 2. The van der Waals surface area contributed by atoms with Gasteiger partial charge in [0.2, 0.25) is 0 Å². The summed E-state index contributed by atoms with van der Waals surface area (Å²) in [5.74, 6) is -1.07. The van der Waals surface area contributed by atoms with Crippen LogP contribution < -0.4 is 0 Å². The number of pyridine rings is 1. The summed E-state index contributed by atoms with van der Waals surface area (Å²) in [7, 11) is 0. The van der Waals surface area contributed by atoms with Crippen molar-refractivity contribution in [3.63, 3.8) is 0 Å². The van der Waals surface area contributed by atoms with Crippen LogP contribution in [0.3, 0.4) is 0 Å². The first kappa shape index (κ1) is 20.6. The van der Waals surface area contributed by atoms with Gasteiger partial charge in [-0.2, -0.15) is 0 Å². The average Bonchev–Trinajstić information content (AvgIpc) is 2.69. The summed E-state index contributed by atoms with van der Waals surface area (Å²) in [5, 5.41) is 0. The van der Waals surface area contributed by atoms with Crippen LogP contribution in [0.25, 0.3) is 11.3 Å². The van der Waals surface area contributed by atoms with Gasteiger partial charge in [0.1, 0.15) is 0 Å². The molecular weight excluding hydrogens is 342 g/mol. The number of aromatic nitrogens is 1. The molecule has 1 heterocycles. The van der Waals surface area contributed by atoms with Gasteiger partial charge in [-0.05, 0) is 43.5 Å². The number of hydrogen-bond donors (Lipinski definition) is 0. The molecule has 0 fully saturated rings. The fraction of sp³-hybridized carbons (Fsp3) is 0.409. The lowest BCUT2D eigenvalue weighted by Gasteiger charge is -2.13. The van der Waals surface area contributed by atoms with Crippen molar-refractivity contribution in [1.82, 2.24) is 4.98 Å².